The van der Waals surface area contributed by atoms with E-state index in [2.05, 4.69) is 47.7 Å². The average Bonchev–Trinajstić information content (AvgIpc) is 2.91. The maximum absolute atomic E-state index is 5.64. The summed E-state index contributed by atoms with van der Waals surface area (Å²) in [5.41, 5.74) is 1.18. The SMILES string of the molecule is CC(C)NCc1ccc(OCCc2cccs2)nc1. The van der Waals surface area contributed by atoms with Gasteiger partial charge in [0.25, 0.3) is 0 Å². The standard InChI is InChI=1S/C15H20N2OS/c1-12(2)16-10-13-5-6-15(17-11-13)18-8-7-14-4-3-9-19-14/h3-6,9,11-12,16H,7-8,10H2,1-2H3. The van der Waals surface area contributed by atoms with Crippen molar-refractivity contribution in [1.82, 2.24) is 10.3 Å². The van der Waals surface area contributed by atoms with Gasteiger partial charge in [-0.05, 0) is 17.0 Å². The van der Waals surface area contributed by atoms with Gasteiger partial charge in [0.15, 0.2) is 0 Å². The van der Waals surface area contributed by atoms with Gasteiger partial charge in [-0.3, -0.25) is 0 Å². The molecule has 0 saturated carbocycles. The third kappa shape index (κ3) is 5.01. The Labute approximate surface area is 118 Å². The van der Waals surface area contributed by atoms with E-state index < -0.39 is 0 Å². The van der Waals surface area contributed by atoms with Crippen molar-refractivity contribution in [2.45, 2.75) is 32.9 Å². The summed E-state index contributed by atoms with van der Waals surface area (Å²) in [4.78, 5) is 5.66. The summed E-state index contributed by atoms with van der Waals surface area (Å²) in [6.07, 6.45) is 2.81. The Hall–Kier alpha value is -1.39. The largest absolute Gasteiger partial charge is 0.477 e. The van der Waals surface area contributed by atoms with E-state index in [9.17, 15) is 0 Å². The molecule has 2 aromatic rings. The van der Waals surface area contributed by atoms with Crippen molar-refractivity contribution >= 4 is 11.3 Å². The number of pyridine rings is 1. The summed E-state index contributed by atoms with van der Waals surface area (Å²) in [5, 5.41) is 5.45. The first-order valence-electron chi connectivity index (χ1n) is 6.57. The smallest absolute Gasteiger partial charge is 0.213 e. The second-order valence-electron chi connectivity index (χ2n) is 4.72. The highest BCUT2D eigenvalue weighted by atomic mass is 32.1. The number of aromatic nitrogens is 1. The van der Waals surface area contributed by atoms with Crippen LogP contribution in [0, 0.1) is 0 Å². The van der Waals surface area contributed by atoms with Crippen LogP contribution in [0.3, 0.4) is 0 Å². The van der Waals surface area contributed by atoms with Gasteiger partial charge >= 0.3 is 0 Å². The van der Waals surface area contributed by atoms with Gasteiger partial charge in [0.2, 0.25) is 5.88 Å². The van der Waals surface area contributed by atoms with Crippen LogP contribution in [0.2, 0.25) is 0 Å². The number of hydrogen-bond acceptors (Lipinski definition) is 4. The molecule has 0 unspecified atom stereocenters. The highest BCUT2D eigenvalue weighted by molar-refractivity contribution is 7.09. The van der Waals surface area contributed by atoms with E-state index in [-0.39, 0.29) is 0 Å². The summed E-state index contributed by atoms with van der Waals surface area (Å²) in [6, 6.07) is 8.67. The van der Waals surface area contributed by atoms with Gasteiger partial charge in [-0.25, -0.2) is 4.98 Å². The van der Waals surface area contributed by atoms with Crippen molar-refractivity contribution in [1.29, 1.82) is 0 Å². The molecule has 1 N–H and O–H groups in total. The third-order valence-electron chi connectivity index (χ3n) is 2.69. The lowest BCUT2D eigenvalue weighted by Crippen LogP contribution is -2.21. The topological polar surface area (TPSA) is 34.1 Å². The van der Waals surface area contributed by atoms with Crippen LogP contribution >= 0.6 is 11.3 Å². The fourth-order valence-electron chi connectivity index (χ4n) is 1.63. The van der Waals surface area contributed by atoms with Crippen molar-refractivity contribution in [2.75, 3.05) is 6.61 Å². The van der Waals surface area contributed by atoms with Crippen molar-refractivity contribution in [3.8, 4) is 5.88 Å². The fourth-order valence-corrected chi connectivity index (χ4v) is 2.32. The Balaban J connectivity index is 1.75. The molecule has 0 aliphatic heterocycles. The Morgan fingerprint density at radius 3 is 2.84 bits per heavy atom. The molecule has 19 heavy (non-hydrogen) atoms. The van der Waals surface area contributed by atoms with Gasteiger partial charge in [-0.1, -0.05) is 26.0 Å². The van der Waals surface area contributed by atoms with Crippen LogP contribution < -0.4 is 10.1 Å². The van der Waals surface area contributed by atoms with E-state index in [1.807, 2.05) is 12.3 Å². The highest BCUT2D eigenvalue weighted by Crippen LogP contribution is 2.11. The molecule has 0 atom stereocenters. The minimum Gasteiger partial charge on any atom is -0.477 e. The van der Waals surface area contributed by atoms with Crippen LogP contribution in [0.25, 0.3) is 0 Å². The molecule has 2 aromatic heterocycles. The minimum atomic E-state index is 0.488. The molecule has 2 rings (SSSR count). The monoisotopic (exact) mass is 276 g/mol. The van der Waals surface area contributed by atoms with Gasteiger partial charge < -0.3 is 10.1 Å². The maximum Gasteiger partial charge on any atom is 0.213 e. The van der Waals surface area contributed by atoms with E-state index in [1.165, 1.54) is 10.4 Å². The summed E-state index contributed by atoms with van der Waals surface area (Å²) in [5.74, 6) is 0.699. The van der Waals surface area contributed by atoms with Crippen LogP contribution in [0.15, 0.2) is 35.8 Å². The van der Waals surface area contributed by atoms with Gasteiger partial charge in [0, 0.05) is 36.1 Å². The highest BCUT2D eigenvalue weighted by Gasteiger charge is 1.99. The first-order chi connectivity index (χ1) is 9.24. The number of rotatable bonds is 7. The average molecular weight is 276 g/mol. The first kappa shape index (κ1) is 14.0. The second-order valence-corrected chi connectivity index (χ2v) is 5.75. The summed E-state index contributed by atoms with van der Waals surface area (Å²) in [7, 11) is 0. The summed E-state index contributed by atoms with van der Waals surface area (Å²) < 4.78 is 5.64. The number of hydrogen-bond donors (Lipinski definition) is 1. The molecule has 0 bridgehead atoms. The van der Waals surface area contributed by atoms with Crippen molar-refractivity contribution < 1.29 is 4.74 Å². The molecular weight excluding hydrogens is 256 g/mol. The Bertz CT molecular complexity index is 465. The predicted molar refractivity (Wildman–Crippen MR) is 79.7 cm³/mol. The van der Waals surface area contributed by atoms with E-state index in [4.69, 9.17) is 4.74 Å². The lowest BCUT2D eigenvalue weighted by atomic mass is 10.2. The van der Waals surface area contributed by atoms with Crippen LogP contribution in [0.1, 0.15) is 24.3 Å². The quantitative estimate of drug-likeness (QED) is 0.843. The van der Waals surface area contributed by atoms with E-state index in [0.29, 0.717) is 18.5 Å². The molecule has 0 fully saturated rings. The summed E-state index contributed by atoms with van der Waals surface area (Å²) in [6.45, 7) is 5.79. The molecule has 0 amide bonds. The molecule has 102 valence electrons. The van der Waals surface area contributed by atoms with Crippen LogP contribution in [-0.4, -0.2) is 17.6 Å². The Morgan fingerprint density at radius 1 is 1.32 bits per heavy atom. The molecule has 0 saturated heterocycles. The number of nitrogens with zero attached hydrogens (tertiary/aromatic N) is 1. The normalized spacial score (nSPS) is 10.9. The zero-order valence-electron chi connectivity index (χ0n) is 11.4. The third-order valence-corrected chi connectivity index (χ3v) is 3.63. The summed E-state index contributed by atoms with van der Waals surface area (Å²) >= 11 is 1.76. The number of ether oxygens (including phenoxy) is 1. The van der Waals surface area contributed by atoms with Crippen molar-refractivity contribution in [3.05, 3.63) is 46.3 Å². The second kappa shape index (κ2) is 7.26. The van der Waals surface area contributed by atoms with Crippen molar-refractivity contribution in [2.24, 2.45) is 0 Å². The molecule has 0 radical (unpaired) electrons. The van der Waals surface area contributed by atoms with Crippen LogP contribution in [0.4, 0.5) is 0 Å². The van der Waals surface area contributed by atoms with Gasteiger partial charge in [-0.15, -0.1) is 11.3 Å². The van der Waals surface area contributed by atoms with Crippen LogP contribution in [0.5, 0.6) is 5.88 Å². The predicted octanol–water partition coefficient (Wildman–Crippen LogP) is 3.26. The minimum absolute atomic E-state index is 0.488. The van der Waals surface area contributed by atoms with Crippen molar-refractivity contribution in [3.63, 3.8) is 0 Å². The molecule has 2 heterocycles. The molecule has 0 aliphatic carbocycles. The molecule has 0 aliphatic rings. The molecule has 0 aromatic carbocycles. The fraction of sp³-hybridized carbons (Fsp3) is 0.400. The van der Waals surface area contributed by atoms with Gasteiger partial charge in [0.05, 0.1) is 6.61 Å². The van der Waals surface area contributed by atoms with Gasteiger partial charge in [-0.2, -0.15) is 0 Å². The number of nitrogens with one attached hydrogen (secondary N) is 1. The Morgan fingerprint density at radius 2 is 2.21 bits per heavy atom. The maximum atomic E-state index is 5.64. The lowest BCUT2D eigenvalue weighted by molar-refractivity contribution is 0.310. The molecule has 4 heteroatoms. The van der Waals surface area contributed by atoms with E-state index in [0.717, 1.165) is 13.0 Å². The zero-order chi connectivity index (χ0) is 13.5. The Kier molecular flexibility index (Phi) is 5.36. The van der Waals surface area contributed by atoms with E-state index >= 15 is 0 Å². The van der Waals surface area contributed by atoms with E-state index in [1.54, 1.807) is 11.3 Å². The first-order valence-corrected chi connectivity index (χ1v) is 7.45. The number of thiophene rings is 1. The van der Waals surface area contributed by atoms with Gasteiger partial charge in [0.1, 0.15) is 0 Å². The zero-order valence-corrected chi connectivity index (χ0v) is 12.2. The molecular formula is C15H20N2OS. The van der Waals surface area contributed by atoms with Crippen LogP contribution in [-0.2, 0) is 13.0 Å². The lowest BCUT2D eigenvalue weighted by Gasteiger charge is -2.08. The molecule has 0 spiro atoms. The molecule has 3 nitrogen and oxygen atoms in total.